The quantitative estimate of drug-likeness (QED) is 0.151. The van der Waals surface area contributed by atoms with Crippen molar-refractivity contribution in [2.45, 2.75) is 57.1 Å². The van der Waals surface area contributed by atoms with Gasteiger partial charge in [-0.25, -0.2) is 8.42 Å². The zero-order valence-corrected chi connectivity index (χ0v) is 29.7. The predicted octanol–water partition coefficient (Wildman–Crippen LogP) is 7.81. The highest BCUT2D eigenvalue weighted by atomic mass is 79.9. The maximum absolute atomic E-state index is 14.6. The van der Waals surface area contributed by atoms with Gasteiger partial charge in [-0.2, -0.15) is 0 Å². The van der Waals surface area contributed by atoms with Crippen LogP contribution in [0, 0.1) is 6.92 Å². The maximum atomic E-state index is 14.6. The van der Waals surface area contributed by atoms with Crippen molar-refractivity contribution < 1.29 is 18.0 Å². The number of nitrogens with one attached hydrogen (secondary N) is 1. The van der Waals surface area contributed by atoms with E-state index in [4.69, 9.17) is 23.2 Å². The Hall–Kier alpha value is -3.37. The highest BCUT2D eigenvalue weighted by Gasteiger charge is 2.35. The van der Waals surface area contributed by atoms with E-state index in [9.17, 15) is 18.0 Å². The van der Waals surface area contributed by atoms with Crippen LogP contribution >= 0.6 is 39.1 Å². The number of benzene rings is 4. The molecule has 2 atom stereocenters. The third kappa shape index (κ3) is 9.12. The second-order valence-electron chi connectivity index (χ2n) is 11.1. The van der Waals surface area contributed by atoms with Gasteiger partial charge in [-0.15, -0.1) is 0 Å². The summed E-state index contributed by atoms with van der Waals surface area (Å²) in [6.45, 7) is 5.14. The number of hydrogen-bond donors (Lipinski definition) is 1. The number of amides is 2. The van der Waals surface area contributed by atoms with Gasteiger partial charge in [0.05, 0.1) is 20.6 Å². The molecule has 0 saturated carbocycles. The van der Waals surface area contributed by atoms with E-state index in [1.165, 1.54) is 17.0 Å². The zero-order valence-electron chi connectivity index (χ0n) is 25.8. The molecule has 4 aromatic carbocycles. The summed E-state index contributed by atoms with van der Waals surface area (Å²) in [5, 5.41) is 3.68. The molecule has 7 nitrogen and oxygen atoms in total. The Kier molecular flexibility index (Phi) is 12.3. The van der Waals surface area contributed by atoms with Crippen molar-refractivity contribution in [1.82, 2.24) is 10.2 Å². The normalized spacial score (nSPS) is 12.7. The Balaban J connectivity index is 1.82. The van der Waals surface area contributed by atoms with Gasteiger partial charge in [-0.05, 0) is 73.9 Å². The molecule has 1 N–H and O–H groups in total. The van der Waals surface area contributed by atoms with Crippen molar-refractivity contribution >= 4 is 66.7 Å². The Morgan fingerprint density at radius 1 is 0.870 bits per heavy atom. The number of rotatable bonds is 13. The Morgan fingerprint density at radius 2 is 1.57 bits per heavy atom. The first kappa shape index (κ1) is 35.5. The third-order valence-corrected chi connectivity index (χ3v) is 10.6. The van der Waals surface area contributed by atoms with Gasteiger partial charge in [0.2, 0.25) is 11.8 Å². The highest BCUT2D eigenvalue weighted by molar-refractivity contribution is 9.10. The van der Waals surface area contributed by atoms with Crippen LogP contribution in [0.3, 0.4) is 0 Å². The van der Waals surface area contributed by atoms with Gasteiger partial charge in [0.15, 0.2) is 0 Å². The van der Waals surface area contributed by atoms with E-state index >= 15 is 0 Å². The molecule has 0 radical (unpaired) electrons. The largest absolute Gasteiger partial charge is 0.352 e. The number of aryl methyl sites for hydroxylation is 1. The van der Waals surface area contributed by atoms with Crippen molar-refractivity contribution in [3.8, 4) is 0 Å². The second kappa shape index (κ2) is 16.0. The summed E-state index contributed by atoms with van der Waals surface area (Å²) in [5.41, 5.74) is 2.66. The fourth-order valence-corrected chi connectivity index (χ4v) is 6.94. The van der Waals surface area contributed by atoms with Crippen molar-refractivity contribution in [2.24, 2.45) is 0 Å². The molecule has 0 fully saturated rings. The van der Waals surface area contributed by atoms with Crippen LogP contribution in [0.4, 0.5) is 5.69 Å². The van der Waals surface area contributed by atoms with Crippen LogP contribution in [0.5, 0.6) is 0 Å². The lowest BCUT2D eigenvalue weighted by Crippen LogP contribution is -2.54. The van der Waals surface area contributed by atoms with Gasteiger partial charge in [0, 0.05) is 23.5 Å². The molecular weight excluding hydrogens is 709 g/mol. The van der Waals surface area contributed by atoms with Crippen LogP contribution in [0.2, 0.25) is 10.0 Å². The Labute approximate surface area is 289 Å². The summed E-state index contributed by atoms with van der Waals surface area (Å²) in [5.74, 6) is -0.913. The molecule has 0 heterocycles. The second-order valence-corrected chi connectivity index (χ2v) is 14.7. The van der Waals surface area contributed by atoms with E-state index < -0.39 is 28.5 Å². The average molecular weight is 746 g/mol. The fraction of sp³-hybridized carbons (Fsp3) is 0.257. The van der Waals surface area contributed by atoms with Crippen molar-refractivity contribution in [3.63, 3.8) is 0 Å². The van der Waals surface area contributed by atoms with Crippen molar-refractivity contribution in [3.05, 3.63) is 128 Å². The third-order valence-electron chi connectivity index (χ3n) is 7.59. The topological polar surface area (TPSA) is 86.8 Å². The summed E-state index contributed by atoms with van der Waals surface area (Å²) in [6.07, 6.45) is 0.897. The SMILES string of the molecule is CC[C@H](C)NC(=O)[C@@H](Cc1ccccc1)N(Cc1ccc(Cl)c(Cl)c1)C(=O)CN(c1cccc(Br)c1)S(=O)(=O)c1ccc(C)cc1. The molecule has 4 aromatic rings. The van der Waals surface area contributed by atoms with Crippen LogP contribution in [0.15, 0.2) is 106 Å². The first-order valence-corrected chi connectivity index (χ1v) is 17.8. The minimum Gasteiger partial charge on any atom is -0.352 e. The highest BCUT2D eigenvalue weighted by Crippen LogP contribution is 2.28. The van der Waals surface area contributed by atoms with Crippen molar-refractivity contribution in [2.75, 3.05) is 10.8 Å². The number of hydrogen-bond acceptors (Lipinski definition) is 4. The van der Waals surface area contributed by atoms with E-state index in [0.717, 1.165) is 15.4 Å². The van der Waals surface area contributed by atoms with Crippen LogP contribution in [0.1, 0.15) is 37.0 Å². The molecule has 0 aliphatic rings. The monoisotopic (exact) mass is 743 g/mol. The fourth-order valence-electron chi connectivity index (χ4n) is 4.83. The molecule has 0 aromatic heterocycles. The summed E-state index contributed by atoms with van der Waals surface area (Å²) < 4.78 is 30.0. The lowest BCUT2D eigenvalue weighted by atomic mass is 10.0. The summed E-state index contributed by atoms with van der Waals surface area (Å²) in [6, 6.07) is 26.5. The first-order valence-electron chi connectivity index (χ1n) is 14.8. The predicted molar refractivity (Wildman–Crippen MR) is 189 cm³/mol. The van der Waals surface area contributed by atoms with E-state index in [-0.39, 0.29) is 29.8 Å². The smallest absolute Gasteiger partial charge is 0.264 e. The minimum atomic E-state index is -4.20. The van der Waals surface area contributed by atoms with E-state index in [1.807, 2.05) is 51.1 Å². The number of nitrogens with zero attached hydrogens (tertiary/aromatic N) is 2. The summed E-state index contributed by atoms with van der Waals surface area (Å²) in [7, 11) is -4.20. The van der Waals surface area contributed by atoms with Gasteiger partial charge < -0.3 is 10.2 Å². The van der Waals surface area contributed by atoms with Gasteiger partial charge in [-0.3, -0.25) is 13.9 Å². The molecule has 0 aliphatic carbocycles. The van der Waals surface area contributed by atoms with Crippen LogP contribution in [-0.2, 0) is 32.6 Å². The summed E-state index contributed by atoms with van der Waals surface area (Å²) in [4.78, 5) is 30.0. The number of anilines is 1. The Morgan fingerprint density at radius 3 is 2.20 bits per heavy atom. The van der Waals surface area contributed by atoms with Gasteiger partial charge >= 0.3 is 0 Å². The van der Waals surface area contributed by atoms with Crippen LogP contribution < -0.4 is 9.62 Å². The molecule has 242 valence electrons. The minimum absolute atomic E-state index is 0.0158. The molecular formula is C35H36BrCl2N3O4S. The van der Waals surface area contributed by atoms with Gasteiger partial charge in [-0.1, -0.05) is 106 Å². The summed E-state index contributed by atoms with van der Waals surface area (Å²) >= 11 is 16.0. The molecule has 0 spiro atoms. The molecule has 0 unspecified atom stereocenters. The standard InChI is InChI=1S/C35H36BrCl2N3O4S/c1-4-25(3)39-35(43)33(20-26-9-6-5-7-10-26)40(22-27-15-18-31(37)32(38)19-27)34(42)23-41(29-12-8-11-28(36)21-29)46(44,45)30-16-13-24(2)14-17-30/h5-19,21,25,33H,4,20,22-23H2,1-3H3,(H,39,43)/t25-,33+/m0/s1. The van der Waals surface area contributed by atoms with E-state index in [1.54, 1.807) is 54.6 Å². The lowest BCUT2D eigenvalue weighted by Gasteiger charge is -2.34. The molecule has 4 rings (SSSR count). The zero-order chi connectivity index (χ0) is 33.4. The van der Waals surface area contributed by atoms with Gasteiger partial charge in [0.25, 0.3) is 10.0 Å². The number of carbonyl (C=O) groups is 2. The molecule has 0 bridgehead atoms. The molecule has 11 heteroatoms. The first-order chi connectivity index (χ1) is 21.9. The van der Waals surface area contributed by atoms with Crippen LogP contribution in [-0.4, -0.2) is 43.8 Å². The molecule has 0 aliphatic heterocycles. The maximum Gasteiger partial charge on any atom is 0.264 e. The number of sulfonamides is 1. The van der Waals surface area contributed by atoms with Crippen LogP contribution in [0.25, 0.3) is 0 Å². The van der Waals surface area contributed by atoms with Gasteiger partial charge in [0.1, 0.15) is 12.6 Å². The molecule has 0 saturated heterocycles. The van der Waals surface area contributed by atoms with E-state index in [2.05, 4.69) is 21.2 Å². The van der Waals surface area contributed by atoms with Crippen molar-refractivity contribution in [1.29, 1.82) is 0 Å². The van der Waals surface area contributed by atoms with E-state index in [0.29, 0.717) is 32.2 Å². The Bertz CT molecular complexity index is 1770. The number of carbonyl (C=O) groups excluding carboxylic acids is 2. The molecule has 2 amide bonds. The average Bonchev–Trinajstić information content (AvgIpc) is 3.03. The number of halogens is 3. The lowest BCUT2D eigenvalue weighted by molar-refractivity contribution is -0.140. The molecule has 46 heavy (non-hydrogen) atoms.